The standard InChI is InChI=1S/C12H19N5O/c1-9-10(3-2-4-13-9)12(18)16-5-6-17-8-14-15-11(17)7-16/h8-10,13H,2-7H2,1H3. The molecule has 18 heavy (non-hydrogen) atoms. The Labute approximate surface area is 106 Å². The summed E-state index contributed by atoms with van der Waals surface area (Å²) in [6.07, 6.45) is 3.82. The molecule has 1 saturated heterocycles. The van der Waals surface area contributed by atoms with Crippen LogP contribution in [-0.2, 0) is 17.9 Å². The molecule has 0 aliphatic carbocycles. The van der Waals surface area contributed by atoms with Gasteiger partial charge < -0.3 is 14.8 Å². The molecule has 6 heteroatoms. The van der Waals surface area contributed by atoms with Gasteiger partial charge in [0.05, 0.1) is 12.5 Å². The van der Waals surface area contributed by atoms with Gasteiger partial charge >= 0.3 is 0 Å². The minimum Gasteiger partial charge on any atom is -0.333 e. The second kappa shape index (κ2) is 4.68. The first-order valence-corrected chi connectivity index (χ1v) is 6.64. The van der Waals surface area contributed by atoms with Crippen molar-refractivity contribution in [2.45, 2.75) is 38.9 Å². The fourth-order valence-electron chi connectivity index (χ4n) is 2.87. The quantitative estimate of drug-likeness (QED) is 0.761. The molecule has 2 aliphatic heterocycles. The average molecular weight is 249 g/mol. The molecular formula is C12H19N5O. The number of fused-ring (bicyclic) bond motifs is 1. The molecule has 3 rings (SSSR count). The van der Waals surface area contributed by atoms with E-state index in [-0.39, 0.29) is 17.9 Å². The van der Waals surface area contributed by atoms with Crippen molar-refractivity contribution >= 4 is 5.91 Å². The molecule has 0 bridgehead atoms. The SMILES string of the molecule is CC1NCCCC1C(=O)N1CCn2cnnc2C1. The lowest BCUT2D eigenvalue weighted by atomic mass is 9.90. The molecule has 1 amide bonds. The maximum absolute atomic E-state index is 12.5. The molecule has 0 spiro atoms. The first kappa shape index (κ1) is 11.6. The molecule has 1 aromatic heterocycles. The van der Waals surface area contributed by atoms with Crippen LogP contribution in [0.2, 0.25) is 0 Å². The smallest absolute Gasteiger partial charge is 0.227 e. The predicted molar refractivity (Wildman–Crippen MR) is 65.6 cm³/mol. The second-order valence-electron chi connectivity index (χ2n) is 5.19. The van der Waals surface area contributed by atoms with Crippen molar-refractivity contribution in [3.05, 3.63) is 12.2 Å². The third-order valence-electron chi connectivity index (χ3n) is 4.03. The van der Waals surface area contributed by atoms with Gasteiger partial charge in [-0.2, -0.15) is 0 Å². The highest BCUT2D eigenvalue weighted by molar-refractivity contribution is 5.79. The van der Waals surface area contributed by atoms with Crippen molar-refractivity contribution in [1.82, 2.24) is 25.0 Å². The summed E-state index contributed by atoms with van der Waals surface area (Å²) in [5, 5.41) is 11.3. The highest BCUT2D eigenvalue weighted by Gasteiger charge is 2.32. The van der Waals surface area contributed by atoms with Gasteiger partial charge in [0.15, 0.2) is 5.82 Å². The summed E-state index contributed by atoms with van der Waals surface area (Å²) in [6, 6.07) is 0.283. The van der Waals surface area contributed by atoms with E-state index < -0.39 is 0 Å². The summed E-state index contributed by atoms with van der Waals surface area (Å²) < 4.78 is 2.02. The maximum Gasteiger partial charge on any atom is 0.227 e. The van der Waals surface area contributed by atoms with Gasteiger partial charge in [0.25, 0.3) is 0 Å². The molecule has 1 fully saturated rings. The summed E-state index contributed by atoms with van der Waals surface area (Å²) in [5.41, 5.74) is 0. The highest BCUT2D eigenvalue weighted by Crippen LogP contribution is 2.21. The number of amides is 1. The van der Waals surface area contributed by atoms with E-state index in [0.29, 0.717) is 6.54 Å². The Kier molecular flexibility index (Phi) is 3.03. The lowest BCUT2D eigenvalue weighted by molar-refractivity contribution is -0.138. The van der Waals surface area contributed by atoms with Crippen LogP contribution < -0.4 is 5.32 Å². The van der Waals surface area contributed by atoms with Crippen LogP contribution in [0.3, 0.4) is 0 Å². The van der Waals surface area contributed by atoms with Crippen LogP contribution in [0.1, 0.15) is 25.6 Å². The molecule has 1 aromatic rings. The molecule has 0 radical (unpaired) electrons. The first-order valence-electron chi connectivity index (χ1n) is 6.64. The normalized spacial score (nSPS) is 27.9. The molecule has 1 N–H and O–H groups in total. The minimum absolute atomic E-state index is 0.119. The molecule has 0 saturated carbocycles. The number of carbonyl (C=O) groups excluding carboxylic acids is 1. The van der Waals surface area contributed by atoms with E-state index in [1.54, 1.807) is 6.33 Å². The van der Waals surface area contributed by atoms with Crippen molar-refractivity contribution in [1.29, 1.82) is 0 Å². The van der Waals surface area contributed by atoms with Crippen LogP contribution in [0.5, 0.6) is 0 Å². The van der Waals surface area contributed by atoms with Crippen molar-refractivity contribution in [2.24, 2.45) is 5.92 Å². The van der Waals surface area contributed by atoms with E-state index in [0.717, 1.165) is 38.3 Å². The van der Waals surface area contributed by atoms with Gasteiger partial charge in [0, 0.05) is 19.1 Å². The number of carbonyl (C=O) groups is 1. The number of aromatic nitrogens is 3. The van der Waals surface area contributed by atoms with Crippen LogP contribution in [-0.4, -0.2) is 44.7 Å². The Bertz CT molecular complexity index is 443. The van der Waals surface area contributed by atoms with Crippen LogP contribution in [0, 0.1) is 5.92 Å². The maximum atomic E-state index is 12.5. The van der Waals surface area contributed by atoms with E-state index in [1.165, 1.54) is 0 Å². The van der Waals surface area contributed by atoms with E-state index in [1.807, 2.05) is 9.47 Å². The Morgan fingerprint density at radius 2 is 2.39 bits per heavy atom. The van der Waals surface area contributed by atoms with Crippen molar-refractivity contribution in [3.63, 3.8) is 0 Å². The Balaban J connectivity index is 1.70. The monoisotopic (exact) mass is 249 g/mol. The van der Waals surface area contributed by atoms with Crippen LogP contribution in [0.25, 0.3) is 0 Å². The summed E-state index contributed by atoms with van der Waals surface area (Å²) in [6.45, 7) is 5.31. The van der Waals surface area contributed by atoms with Crippen LogP contribution >= 0.6 is 0 Å². The van der Waals surface area contributed by atoms with Gasteiger partial charge in [-0.25, -0.2) is 0 Å². The van der Waals surface area contributed by atoms with Crippen LogP contribution in [0.15, 0.2) is 6.33 Å². The largest absolute Gasteiger partial charge is 0.333 e. The number of hydrogen-bond donors (Lipinski definition) is 1. The highest BCUT2D eigenvalue weighted by atomic mass is 16.2. The predicted octanol–water partition coefficient (Wildman–Crippen LogP) is 0.00840. The van der Waals surface area contributed by atoms with Gasteiger partial charge in [0.1, 0.15) is 6.33 Å². The van der Waals surface area contributed by atoms with Gasteiger partial charge in [-0.1, -0.05) is 0 Å². The van der Waals surface area contributed by atoms with Gasteiger partial charge in [-0.15, -0.1) is 10.2 Å². The second-order valence-corrected chi connectivity index (χ2v) is 5.19. The van der Waals surface area contributed by atoms with Gasteiger partial charge in [-0.05, 0) is 26.3 Å². The van der Waals surface area contributed by atoms with E-state index in [4.69, 9.17) is 0 Å². The zero-order valence-corrected chi connectivity index (χ0v) is 10.7. The molecular weight excluding hydrogens is 230 g/mol. The molecule has 6 nitrogen and oxygen atoms in total. The fourth-order valence-corrected chi connectivity index (χ4v) is 2.87. The number of nitrogens with one attached hydrogen (secondary N) is 1. The lowest BCUT2D eigenvalue weighted by Crippen LogP contribution is -2.49. The van der Waals surface area contributed by atoms with Crippen molar-refractivity contribution < 1.29 is 4.79 Å². The van der Waals surface area contributed by atoms with E-state index in [2.05, 4.69) is 22.4 Å². The fraction of sp³-hybridized carbons (Fsp3) is 0.750. The zero-order valence-electron chi connectivity index (χ0n) is 10.7. The summed E-state index contributed by atoms with van der Waals surface area (Å²) in [5.74, 6) is 1.28. The molecule has 2 unspecified atom stereocenters. The van der Waals surface area contributed by atoms with E-state index in [9.17, 15) is 4.79 Å². The number of hydrogen-bond acceptors (Lipinski definition) is 4. The topological polar surface area (TPSA) is 63.1 Å². The lowest BCUT2D eigenvalue weighted by Gasteiger charge is -2.35. The summed E-state index contributed by atoms with van der Waals surface area (Å²) in [7, 11) is 0. The molecule has 0 aromatic carbocycles. The van der Waals surface area contributed by atoms with Crippen molar-refractivity contribution in [3.8, 4) is 0 Å². The van der Waals surface area contributed by atoms with Crippen molar-refractivity contribution in [2.75, 3.05) is 13.1 Å². The van der Waals surface area contributed by atoms with Crippen LogP contribution in [0.4, 0.5) is 0 Å². The molecule has 98 valence electrons. The minimum atomic E-state index is 0.119. The van der Waals surface area contributed by atoms with E-state index >= 15 is 0 Å². The number of rotatable bonds is 1. The third kappa shape index (κ3) is 2.01. The third-order valence-corrected chi connectivity index (χ3v) is 4.03. The average Bonchev–Trinajstić information content (AvgIpc) is 2.85. The summed E-state index contributed by atoms with van der Waals surface area (Å²) >= 11 is 0. The van der Waals surface area contributed by atoms with Gasteiger partial charge in [0.2, 0.25) is 5.91 Å². The zero-order chi connectivity index (χ0) is 12.5. The molecule has 2 aliphatic rings. The summed E-state index contributed by atoms with van der Waals surface area (Å²) in [4.78, 5) is 14.5. The Morgan fingerprint density at radius 1 is 1.50 bits per heavy atom. The molecule has 3 heterocycles. The first-order chi connectivity index (χ1) is 8.75. The Hall–Kier alpha value is -1.43. The Morgan fingerprint density at radius 3 is 3.22 bits per heavy atom. The molecule has 2 atom stereocenters. The number of piperidine rings is 1. The van der Waals surface area contributed by atoms with Gasteiger partial charge in [-0.3, -0.25) is 4.79 Å². The number of nitrogens with zero attached hydrogens (tertiary/aromatic N) is 4.